The first-order valence-electron chi connectivity index (χ1n) is 10.8. The average molecular weight is 440 g/mol. The van der Waals surface area contributed by atoms with Gasteiger partial charge < -0.3 is 23.9 Å². The van der Waals surface area contributed by atoms with Crippen molar-refractivity contribution in [3.05, 3.63) is 58.8 Å². The van der Waals surface area contributed by atoms with Crippen molar-refractivity contribution in [3.63, 3.8) is 0 Å². The molecule has 9 heteroatoms. The number of furan rings is 1. The summed E-state index contributed by atoms with van der Waals surface area (Å²) in [5.41, 5.74) is 1.28. The molecule has 0 saturated carbocycles. The molecule has 1 unspecified atom stereocenters. The van der Waals surface area contributed by atoms with Crippen LogP contribution in [-0.4, -0.2) is 67.3 Å². The number of aromatic nitrogens is 2. The van der Waals surface area contributed by atoms with Crippen molar-refractivity contribution in [1.82, 2.24) is 19.8 Å². The molecular formula is C23H29N5O4. The maximum atomic E-state index is 13.3. The lowest BCUT2D eigenvalue weighted by Crippen LogP contribution is -2.41. The third-order valence-electron chi connectivity index (χ3n) is 5.70. The van der Waals surface area contributed by atoms with Crippen LogP contribution < -0.4 is 15.8 Å². The second kappa shape index (κ2) is 9.97. The number of carbonyl (C=O) groups is 1. The van der Waals surface area contributed by atoms with Gasteiger partial charge in [-0.3, -0.25) is 14.5 Å². The van der Waals surface area contributed by atoms with Crippen LogP contribution in [0.2, 0.25) is 0 Å². The highest BCUT2D eigenvalue weighted by Gasteiger charge is 2.21. The zero-order valence-corrected chi connectivity index (χ0v) is 18.5. The topological polar surface area (TPSA) is 92.8 Å². The van der Waals surface area contributed by atoms with Gasteiger partial charge in [-0.05, 0) is 38.4 Å². The largest absolute Gasteiger partial charge is 0.468 e. The van der Waals surface area contributed by atoms with Crippen LogP contribution in [0.15, 0.2) is 51.9 Å². The van der Waals surface area contributed by atoms with Gasteiger partial charge in [-0.1, -0.05) is 12.1 Å². The second-order valence-electron chi connectivity index (χ2n) is 8.03. The van der Waals surface area contributed by atoms with E-state index in [1.54, 1.807) is 10.8 Å². The minimum Gasteiger partial charge on any atom is -0.468 e. The number of fused-ring (bicyclic) bond motifs is 1. The zero-order valence-electron chi connectivity index (χ0n) is 18.5. The highest BCUT2D eigenvalue weighted by Crippen LogP contribution is 2.18. The molecular weight excluding hydrogens is 410 g/mol. The summed E-state index contributed by atoms with van der Waals surface area (Å²) in [6.07, 6.45) is 1.81. The van der Waals surface area contributed by atoms with E-state index in [1.807, 2.05) is 60.3 Å². The molecule has 32 heavy (non-hydrogen) atoms. The predicted molar refractivity (Wildman–Crippen MR) is 122 cm³/mol. The zero-order chi connectivity index (χ0) is 22.5. The van der Waals surface area contributed by atoms with Crippen molar-refractivity contribution >= 4 is 22.8 Å². The first-order valence-corrected chi connectivity index (χ1v) is 10.8. The van der Waals surface area contributed by atoms with Crippen molar-refractivity contribution in [1.29, 1.82) is 0 Å². The lowest BCUT2D eigenvalue weighted by molar-refractivity contribution is -0.121. The van der Waals surface area contributed by atoms with Crippen molar-refractivity contribution in [3.8, 4) is 0 Å². The standard InChI is InChI=1S/C23H29N5O4/c1-26(2)19(20-8-5-13-32-20)16-24-21(29)9-10-28-18-7-4-3-6-17(18)25-22(23(28)30)27-11-14-31-15-12-27/h3-8,13,19H,9-12,14-16H2,1-2H3,(H,24,29). The van der Waals surface area contributed by atoms with E-state index in [0.717, 1.165) is 16.8 Å². The molecule has 0 bridgehead atoms. The molecule has 1 saturated heterocycles. The fourth-order valence-corrected chi connectivity index (χ4v) is 3.91. The van der Waals surface area contributed by atoms with Crippen LogP contribution in [-0.2, 0) is 16.1 Å². The molecule has 1 aliphatic rings. The molecule has 170 valence electrons. The summed E-state index contributed by atoms with van der Waals surface area (Å²) in [5.74, 6) is 1.09. The third-order valence-corrected chi connectivity index (χ3v) is 5.70. The van der Waals surface area contributed by atoms with Gasteiger partial charge in [0.25, 0.3) is 5.56 Å². The summed E-state index contributed by atoms with van der Waals surface area (Å²) in [6, 6.07) is 11.2. The molecule has 4 rings (SSSR count). The Morgan fingerprint density at radius 3 is 2.69 bits per heavy atom. The maximum absolute atomic E-state index is 13.3. The molecule has 1 N–H and O–H groups in total. The van der Waals surface area contributed by atoms with Gasteiger partial charge >= 0.3 is 0 Å². The first-order chi connectivity index (χ1) is 15.5. The van der Waals surface area contributed by atoms with Crippen molar-refractivity contribution in [2.45, 2.75) is 19.0 Å². The minimum atomic E-state index is -0.180. The van der Waals surface area contributed by atoms with Gasteiger partial charge in [-0.25, -0.2) is 4.98 Å². The Balaban J connectivity index is 1.49. The Hall–Kier alpha value is -3.17. The number of benzene rings is 1. The SMILES string of the molecule is CN(C)C(CNC(=O)CCn1c(=O)c(N2CCOCC2)nc2ccccc21)c1ccco1. The lowest BCUT2D eigenvalue weighted by Gasteiger charge is -2.28. The van der Waals surface area contributed by atoms with Gasteiger partial charge in [-0.2, -0.15) is 0 Å². The molecule has 0 aliphatic carbocycles. The highest BCUT2D eigenvalue weighted by atomic mass is 16.5. The molecule has 1 amide bonds. The Morgan fingerprint density at radius 2 is 1.97 bits per heavy atom. The van der Waals surface area contributed by atoms with Gasteiger partial charge in [0, 0.05) is 32.6 Å². The molecule has 2 aromatic heterocycles. The van der Waals surface area contributed by atoms with E-state index in [2.05, 4.69) is 10.3 Å². The number of nitrogens with zero attached hydrogens (tertiary/aromatic N) is 4. The van der Waals surface area contributed by atoms with E-state index in [4.69, 9.17) is 9.15 Å². The number of para-hydroxylation sites is 2. The van der Waals surface area contributed by atoms with E-state index in [1.165, 1.54) is 0 Å². The van der Waals surface area contributed by atoms with Gasteiger partial charge in [0.15, 0.2) is 5.82 Å². The van der Waals surface area contributed by atoms with E-state index < -0.39 is 0 Å². The fraction of sp³-hybridized carbons (Fsp3) is 0.435. The van der Waals surface area contributed by atoms with E-state index in [9.17, 15) is 9.59 Å². The van der Waals surface area contributed by atoms with Crippen molar-refractivity contribution < 1.29 is 13.9 Å². The van der Waals surface area contributed by atoms with Crippen LogP contribution in [0, 0.1) is 0 Å². The number of ether oxygens (including phenoxy) is 1. The van der Waals surface area contributed by atoms with Gasteiger partial charge in [0.1, 0.15) is 5.76 Å². The molecule has 3 aromatic rings. The monoisotopic (exact) mass is 439 g/mol. The fourth-order valence-electron chi connectivity index (χ4n) is 3.91. The second-order valence-corrected chi connectivity index (χ2v) is 8.03. The number of rotatable bonds is 8. The van der Waals surface area contributed by atoms with Crippen LogP contribution >= 0.6 is 0 Å². The molecule has 3 heterocycles. The van der Waals surface area contributed by atoms with Gasteiger partial charge in [-0.15, -0.1) is 0 Å². The van der Waals surface area contributed by atoms with Crippen LogP contribution in [0.25, 0.3) is 11.0 Å². The Kier molecular flexibility index (Phi) is 6.87. The molecule has 1 aromatic carbocycles. The quantitative estimate of drug-likeness (QED) is 0.570. The maximum Gasteiger partial charge on any atom is 0.294 e. The Labute approximate surface area is 186 Å². The van der Waals surface area contributed by atoms with E-state index in [0.29, 0.717) is 38.7 Å². The summed E-state index contributed by atoms with van der Waals surface area (Å²) in [6.45, 7) is 3.08. The van der Waals surface area contributed by atoms with Crippen LogP contribution in [0.3, 0.4) is 0 Å². The molecule has 1 aliphatic heterocycles. The predicted octanol–water partition coefficient (Wildman–Crippen LogP) is 1.64. The number of anilines is 1. The number of nitrogens with one attached hydrogen (secondary N) is 1. The number of amides is 1. The third kappa shape index (κ3) is 4.84. The summed E-state index contributed by atoms with van der Waals surface area (Å²) in [5, 5.41) is 2.97. The molecule has 0 spiro atoms. The number of hydrogen-bond acceptors (Lipinski definition) is 7. The normalized spacial score (nSPS) is 15.3. The van der Waals surface area contributed by atoms with Gasteiger partial charge in [0.05, 0.1) is 36.6 Å². The van der Waals surface area contributed by atoms with Gasteiger partial charge in [0.2, 0.25) is 5.91 Å². The van der Waals surface area contributed by atoms with Crippen LogP contribution in [0.4, 0.5) is 5.82 Å². The average Bonchev–Trinajstić information content (AvgIpc) is 3.33. The van der Waals surface area contributed by atoms with Crippen molar-refractivity contribution in [2.24, 2.45) is 0 Å². The van der Waals surface area contributed by atoms with Crippen molar-refractivity contribution in [2.75, 3.05) is 51.8 Å². The Bertz CT molecular complexity index is 1100. The lowest BCUT2D eigenvalue weighted by atomic mass is 10.2. The van der Waals surface area contributed by atoms with E-state index in [-0.39, 0.29) is 30.5 Å². The summed E-state index contributed by atoms with van der Waals surface area (Å²) < 4.78 is 12.6. The summed E-state index contributed by atoms with van der Waals surface area (Å²) >= 11 is 0. The highest BCUT2D eigenvalue weighted by molar-refractivity contribution is 5.78. The Morgan fingerprint density at radius 1 is 1.19 bits per heavy atom. The smallest absolute Gasteiger partial charge is 0.294 e. The number of carbonyl (C=O) groups excluding carboxylic acids is 1. The number of hydrogen-bond donors (Lipinski definition) is 1. The number of likely N-dealkylation sites (N-methyl/N-ethyl adjacent to an activating group) is 1. The van der Waals surface area contributed by atoms with Crippen LogP contribution in [0.5, 0.6) is 0 Å². The summed E-state index contributed by atoms with van der Waals surface area (Å²) in [7, 11) is 3.88. The first kappa shape index (κ1) is 22.0. The number of morpholine rings is 1. The molecule has 1 fully saturated rings. The van der Waals surface area contributed by atoms with E-state index >= 15 is 0 Å². The molecule has 1 atom stereocenters. The van der Waals surface area contributed by atoms with Crippen LogP contribution in [0.1, 0.15) is 18.2 Å². The summed E-state index contributed by atoms with van der Waals surface area (Å²) in [4.78, 5) is 34.5. The molecule has 9 nitrogen and oxygen atoms in total. The molecule has 0 radical (unpaired) electrons. The minimum absolute atomic E-state index is 0.0636. The number of aryl methyl sites for hydroxylation is 1.